The third-order valence-electron chi connectivity index (χ3n) is 0.524. The second-order valence-electron chi connectivity index (χ2n) is 1.39. The van der Waals surface area contributed by atoms with Gasteiger partial charge in [0.2, 0.25) is 0 Å². The summed E-state index contributed by atoms with van der Waals surface area (Å²) in [4.78, 5) is 20.0. The molecule has 0 aliphatic carbocycles. The van der Waals surface area contributed by atoms with E-state index in [0.717, 1.165) is 0 Å². The molecule has 6 heteroatoms. The van der Waals surface area contributed by atoms with Crippen molar-refractivity contribution in [1.82, 2.24) is 0 Å². The zero-order valence-corrected chi connectivity index (χ0v) is 5.34. The Hall–Kier alpha value is 0.00494. The third kappa shape index (κ3) is 10.9. The van der Waals surface area contributed by atoms with Gasteiger partial charge in [-0.25, -0.2) is 0 Å². The van der Waals surface area contributed by atoms with E-state index >= 15 is 0 Å². The van der Waals surface area contributed by atoms with Crippen molar-refractivity contribution in [3.05, 3.63) is 0 Å². The summed E-state index contributed by atoms with van der Waals surface area (Å²) in [6.07, 6.45) is 0. The Bertz CT molecular complexity index is 112. The van der Waals surface area contributed by atoms with Crippen LogP contribution in [0.4, 0.5) is 0 Å². The molecule has 0 unspecified atom stereocenters. The van der Waals surface area contributed by atoms with Crippen LogP contribution in [0.25, 0.3) is 0 Å². The summed E-state index contributed by atoms with van der Waals surface area (Å²) in [6.45, 7) is 2.48. The minimum absolute atomic E-state index is 0. The normalized spacial score (nSPS) is 7.00. The number of carbonyl (C=O) groups is 2. The zero-order valence-electron chi connectivity index (χ0n) is 5.34. The molecule has 0 aromatic heterocycles. The van der Waals surface area contributed by atoms with Crippen molar-refractivity contribution in [3.63, 3.8) is 0 Å². The van der Waals surface area contributed by atoms with Gasteiger partial charge in [0.1, 0.15) is 0 Å². The summed E-state index contributed by atoms with van der Waals surface area (Å²) in [5, 5.41) is 0. The van der Waals surface area contributed by atoms with Gasteiger partial charge in [-0.2, -0.15) is 0 Å². The Balaban J connectivity index is 0. The van der Waals surface area contributed by atoms with Crippen LogP contribution >= 0.6 is 0 Å². The Labute approximate surface area is 81.9 Å². The van der Waals surface area contributed by atoms with Gasteiger partial charge in [0, 0.05) is 13.8 Å². The third-order valence-corrected chi connectivity index (χ3v) is 0.524. The number of carbonyl (C=O) groups excluding carboxylic acids is 2. The van der Waals surface area contributed by atoms with Gasteiger partial charge in [0.25, 0.3) is 11.9 Å². The molecule has 0 atom stereocenters. The molecule has 0 aliphatic heterocycles. The monoisotopic (exact) mass is 154 g/mol. The van der Waals surface area contributed by atoms with Crippen molar-refractivity contribution in [2.45, 2.75) is 13.8 Å². The van der Waals surface area contributed by atoms with E-state index in [9.17, 15) is 9.59 Å². The molecule has 0 aromatic rings. The fraction of sp³-hybridized carbons (Fsp3) is 0.500. The molecule has 4 nitrogen and oxygen atoms in total. The summed E-state index contributed by atoms with van der Waals surface area (Å²) < 4.78 is 8.54. The standard InChI is InChI=1S/C4H7BO4.Na.H/c1-3(6)8-5-9-4(2)7;;/h5H,1-2H3;;. The molecule has 0 N–H and O–H groups in total. The Kier molecular flexibility index (Phi) is 9.01. The van der Waals surface area contributed by atoms with E-state index < -0.39 is 11.9 Å². The first-order chi connectivity index (χ1) is 4.13. The molecule has 0 saturated heterocycles. The van der Waals surface area contributed by atoms with Crippen molar-refractivity contribution in [2.24, 2.45) is 0 Å². The molecule has 0 bridgehead atoms. The molecule has 0 radical (unpaired) electrons. The van der Waals surface area contributed by atoms with Crippen molar-refractivity contribution in [2.75, 3.05) is 0 Å². The fourth-order valence-electron chi connectivity index (χ4n) is 0.195. The van der Waals surface area contributed by atoms with E-state index in [1.165, 1.54) is 13.8 Å². The summed E-state index contributed by atoms with van der Waals surface area (Å²) in [5.74, 6) is -0.924. The fourth-order valence-corrected chi connectivity index (χ4v) is 0.195. The maximum atomic E-state index is 10.0. The topological polar surface area (TPSA) is 52.6 Å². The van der Waals surface area contributed by atoms with Crippen molar-refractivity contribution >= 4 is 49.2 Å². The van der Waals surface area contributed by atoms with Gasteiger partial charge in [-0.3, -0.25) is 9.59 Å². The Morgan fingerprint density at radius 1 is 1.10 bits per heavy atom. The SMILES string of the molecule is CC(=O)OBOC(C)=O.[NaH]. The van der Waals surface area contributed by atoms with E-state index in [2.05, 4.69) is 9.31 Å². The van der Waals surface area contributed by atoms with E-state index in [1.54, 1.807) is 0 Å². The number of hydrogen-bond donors (Lipinski definition) is 0. The number of rotatable bonds is 2. The molecule has 52 valence electrons. The van der Waals surface area contributed by atoms with E-state index in [0.29, 0.717) is 0 Å². The van der Waals surface area contributed by atoms with Gasteiger partial charge >= 0.3 is 37.2 Å². The zero-order chi connectivity index (χ0) is 7.28. The van der Waals surface area contributed by atoms with E-state index in [1.807, 2.05) is 0 Å². The van der Waals surface area contributed by atoms with Crippen LogP contribution in [0.2, 0.25) is 0 Å². The van der Waals surface area contributed by atoms with Crippen LogP contribution in [-0.2, 0) is 18.9 Å². The van der Waals surface area contributed by atoms with E-state index in [-0.39, 0.29) is 37.2 Å². The number of hydrogen-bond acceptors (Lipinski definition) is 4. The molecule has 0 spiro atoms. The summed E-state index contributed by atoms with van der Waals surface area (Å²) >= 11 is 0. The molecule has 0 aliphatic rings. The molecule has 0 saturated carbocycles. The van der Waals surface area contributed by atoms with Gasteiger partial charge in [0.05, 0.1) is 0 Å². The first-order valence-electron chi connectivity index (χ1n) is 2.39. The van der Waals surface area contributed by atoms with Crippen LogP contribution in [0, 0.1) is 0 Å². The van der Waals surface area contributed by atoms with Crippen LogP contribution in [0.3, 0.4) is 0 Å². The molecular weight excluding hydrogens is 146 g/mol. The summed E-state index contributed by atoms with van der Waals surface area (Å²) in [5.41, 5.74) is 0. The maximum absolute atomic E-state index is 10.0. The van der Waals surface area contributed by atoms with Gasteiger partial charge in [-0.1, -0.05) is 0 Å². The summed E-state index contributed by atoms with van der Waals surface area (Å²) in [6, 6.07) is 0. The van der Waals surface area contributed by atoms with Gasteiger partial charge in [0.15, 0.2) is 0 Å². The molecule has 0 fully saturated rings. The molecule has 0 rings (SSSR count). The second-order valence-corrected chi connectivity index (χ2v) is 1.39. The molecule has 0 aromatic carbocycles. The predicted molar refractivity (Wildman–Crippen MR) is 37.8 cm³/mol. The molecule has 10 heavy (non-hydrogen) atoms. The average Bonchev–Trinajstić information content (AvgIpc) is 1.63. The van der Waals surface area contributed by atoms with Crippen molar-refractivity contribution < 1.29 is 18.9 Å². The van der Waals surface area contributed by atoms with Crippen LogP contribution in [-0.4, -0.2) is 49.2 Å². The second kappa shape index (κ2) is 7.12. The predicted octanol–water partition coefficient (Wildman–Crippen LogP) is -1.27. The van der Waals surface area contributed by atoms with E-state index in [4.69, 9.17) is 0 Å². The molecular formula is C4H8BNaO4. The van der Waals surface area contributed by atoms with Crippen LogP contribution in [0.5, 0.6) is 0 Å². The quantitative estimate of drug-likeness (QED) is 0.465. The van der Waals surface area contributed by atoms with Crippen molar-refractivity contribution in [3.8, 4) is 0 Å². The van der Waals surface area contributed by atoms with Crippen LogP contribution < -0.4 is 0 Å². The van der Waals surface area contributed by atoms with Gasteiger partial charge in [-0.05, 0) is 0 Å². The summed E-state index contributed by atoms with van der Waals surface area (Å²) in [7, 11) is -0.287. The van der Waals surface area contributed by atoms with Crippen molar-refractivity contribution in [1.29, 1.82) is 0 Å². The van der Waals surface area contributed by atoms with Crippen LogP contribution in [0.15, 0.2) is 0 Å². The van der Waals surface area contributed by atoms with Gasteiger partial charge in [-0.15, -0.1) is 0 Å². The molecule has 0 amide bonds. The average molecular weight is 154 g/mol. The van der Waals surface area contributed by atoms with Gasteiger partial charge < -0.3 is 9.31 Å². The first-order valence-corrected chi connectivity index (χ1v) is 2.39. The Morgan fingerprint density at radius 2 is 1.40 bits per heavy atom. The molecule has 0 heterocycles. The van der Waals surface area contributed by atoms with Crippen LogP contribution in [0.1, 0.15) is 13.8 Å². The Morgan fingerprint density at radius 3 is 1.60 bits per heavy atom. The first kappa shape index (κ1) is 12.7. The minimum atomic E-state index is -0.462.